The van der Waals surface area contributed by atoms with Crippen LogP contribution in [0.1, 0.15) is 0 Å². The fraction of sp³-hybridized carbons (Fsp3) is 0. The molecule has 0 aliphatic heterocycles. The van der Waals surface area contributed by atoms with Gasteiger partial charge in [0.15, 0.2) is 0 Å². The van der Waals surface area contributed by atoms with Gasteiger partial charge >= 0.3 is 0 Å². The number of rotatable bonds is 6. The summed E-state index contributed by atoms with van der Waals surface area (Å²) in [6.07, 6.45) is 0. The van der Waals surface area contributed by atoms with Crippen molar-refractivity contribution >= 4 is 82.9 Å². The normalized spacial score (nSPS) is 11.8. The van der Waals surface area contributed by atoms with Crippen molar-refractivity contribution in [3.8, 4) is 33.4 Å². The number of hydrogen-bond donors (Lipinski definition) is 0. The molecule has 0 amide bonds. The van der Waals surface area contributed by atoms with Crippen LogP contribution >= 0.6 is 0 Å². The maximum absolute atomic E-state index is 6.50. The van der Waals surface area contributed by atoms with Gasteiger partial charge in [0.25, 0.3) is 0 Å². The van der Waals surface area contributed by atoms with Crippen LogP contribution in [0.3, 0.4) is 0 Å². The lowest BCUT2D eigenvalue weighted by atomic mass is 9.98. The maximum atomic E-state index is 6.50. The number of fused-ring (bicyclic) bond motifs is 10. The summed E-state index contributed by atoms with van der Waals surface area (Å²) in [5.74, 6) is 0. The second-order valence-corrected chi connectivity index (χ2v) is 14.8. The molecule has 58 heavy (non-hydrogen) atoms. The first-order valence-electron chi connectivity index (χ1n) is 19.6. The van der Waals surface area contributed by atoms with Gasteiger partial charge in [0, 0.05) is 49.3 Å². The Labute approximate surface area is 333 Å². The molecule has 4 nitrogen and oxygen atoms in total. The molecule has 0 aliphatic rings. The molecule has 9 aromatic carbocycles. The van der Waals surface area contributed by atoms with Crippen molar-refractivity contribution in [3.05, 3.63) is 200 Å². The predicted octanol–water partition coefficient (Wildman–Crippen LogP) is 15.9. The first kappa shape index (κ1) is 32.4. The van der Waals surface area contributed by atoms with Gasteiger partial charge < -0.3 is 18.2 Å². The highest BCUT2D eigenvalue weighted by Gasteiger charge is 2.20. The van der Waals surface area contributed by atoms with E-state index in [0.717, 1.165) is 116 Å². The van der Waals surface area contributed by atoms with Gasteiger partial charge in [-0.2, -0.15) is 0 Å². The van der Waals surface area contributed by atoms with Crippen molar-refractivity contribution in [1.82, 2.24) is 0 Å². The van der Waals surface area contributed by atoms with Crippen LogP contribution in [0.4, 0.5) is 17.1 Å². The van der Waals surface area contributed by atoms with Crippen molar-refractivity contribution in [2.24, 2.45) is 0 Å². The smallest absolute Gasteiger partial charge is 0.136 e. The second kappa shape index (κ2) is 12.9. The number of furan rings is 3. The highest BCUT2D eigenvalue weighted by molar-refractivity contribution is 6.26. The third-order valence-corrected chi connectivity index (χ3v) is 11.5. The van der Waals surface area contributed by atoms with Crippen LogP contribution in [0.2, 0.25) is 0 Å². The van der Waals surface area contributed by atoms with Gasteiger partial charge in [-0.3, -0.25) is 0 Å². The van der Waals surface area contributed by atoms with Crippen LogP contribution in [0, 0.1) is 0 Å². The largest absolute Gasteiger partial charge is 0.456 e. The Morgan fingerprint density at radius 1 is 0.276 bits per heavy atom. The number of anilines is 3. The lowest BCUT2D eigenvalue weighted by molar-refractivity contribution is 0.663. The van der Waals surface area contributed by atoms with Crippen molar-refractivity contribution in [2.75, 3.05) is 4.90 Å². The molecule has 0 saturated heterocycles. The molecule has 272 valence electrons. The molecule has 0 spiro atoms. The van der Waals surface area contributed by atoms with Gasteiger partial charge in [-0.25, -0.2) is 0 Å². The third-order valence-electron chi connectivity index (χ3n) is 11.5. The molecule has 0 unspecified atom stereocenters. The van der Waals surface area contributed by atoms with Crippen molar-refractivity contribution in [3.63, 3.8) is 0 Å². The van der Waals surface area contributed by atoms with Gasteiger partial charge in [-0.1, -0.05) is 127 Å². The van der Waals surface area contributed by atoms with Crippen LogP contribution in [-0.4, -0.2) is 0 Å². The lowest BCUT2D eigenvalue weighted by Gasteiger charge is -2.28. The third kappa shape index (κ3) is 5.09. The summed E-state index contributed by atoms with van der Waals surface area (Å²) in [7, 11) is 0. The topological polar surface area (TPSA) is 42.7 Å². The van der Waals surface area contributed by atoms with E-state index in [9.17, 15) is 0 Å². The fourth-order valence-electron chi connectivity index (χ4n) is 8.83. The fourth-order valence-corrected chi connectivity index (χ4v) is 8.83. The summed E-state index contributed by atoms with van der Waals surface area (Å²) in [6.45, 7) is 0. The minimum atomic E-state index is 0.854. The Kier molecular flexibility index (Phi) is 7.20. The second-order valence-electron chi connectivity index (χ2n) is 14.8. The van der Waals surface area contributed by atoms with Gasteiger partial charge in [0.05, 0.1) is 5.69 Å². The van der Waals surface area contributed by atoms with E-state index in [0.29, 0.717) is 0 Å². The Morgan fingerprint density at radius 3 is 1.47 bits per heavy atom. The number of nitrogens with zero attached hydrogens (tertiary/aromatic N) is 1. The van der Waals surface area contributed by atoms with Gasteiger partial charge in [-0.15, -0.1) is 0 Å². The Hall–Kier alpha value is -7.82. The standard InChI is InChI=1S/C54H33NO3/c1-2-11-35(12-3-1)40-13-4-7-17-45(40)55(39-28-23-36(24-29-39)41-16-10-20-48-52(41)42-14-5-8-18-46(42)56-48)38-26-21-34(22-27-38)37-25-30-44-51(33-37)58-50-32-31-49-53(54(44)50)43-15-6-9-19-47(43)57-49/h1-33H. The highest BCUT2D eigenvalue weighted by atomic mass is 16.3. The van der Waals surface area contributed by atoms with E-state index in [1.165, 1.54) is 0 Å². The van der Waals surface area contributed by atoms with E-state index < -0.39 is 0 Å². The molecule has 0 aliphatic carbocycles. The zero-order chi connectivity index (χ0) is 38.2. The molecule has 3 heterocycles. The molecular weight excluding hydrogens is 711 g/mol. The zero-order valence-corrected chi connectivity index (χ0v) is 31.2. The minimum Gasteiger partial charge on any atom is -0.456 e. The number of benzene rings is 9. The van der Waals surface area contributed by atoms with Crippen LogP contribution in [0.25, 0.3) is 99.2 Å². The summed E-state index contributed by atoms with van der Waals surface area (Å²) < 4.78 is 18.9. The molecule has 0 fully saturated rings. The summed E-state index contributed by atoms with van der Waals surface area (Å²) in [6, 6.07) is 70.3. The van der Waals surface area contributed by atoms with Crippen LogP contribution < -0.4 is 4.90 Å². The molecule has 4 heteroatoms. The molecule has 0 atom stereocenters. The van der Waals surface area contributed by atoms with Gasteiger partial charge in [0.2, 0.25) is 0 Å². The average Bonchev–Trinajstić information content (AvgIpc) is 3.98. The Bertz CT molecular complexity index is 3500. The predicted molar refractivity (Wildman–Crippen MR) is 239 cm³/mol. The van der Waals surface area contributed by atoms with Crippen molar-refractivity contribution in [1.29, 1.82) is 0 Å². The molecule has 3 aromatic heterocycles. The first-order valence-corrected chi connectivity index (χ1v) is 19.6. The molecule has 12 rings (SSSR count). The van der Waals surface area contributed by atoms with E-state index in [4.69, 9.17) is 13.3 Å². The molecule has 12 aromatic rings. The summed E-state index contributed by atoms with van der Waals surface area (Å²) in [4.78, 5) is 2.35. The van der Waals surface area contributed by atoms with E-state index in [1.807, 2.05) is 42.5 Å². The monoisotopic (exact) mass is 743 g/mol. The van der Waals surface area contributed by atoms with Crippen LogP contribution in [0.5, 0.6) is 0 Å². The van der Waals surface area contributed by atoms with Crippen molar-refractivity contribution in [2.45, 2.75) is 0 Å². The van der Waals surface area contributed by atoms with E-state index in [-0.39, 0.29) is 0 Å². The lowest BCUT2D eigenvalue weighted by Crippen LogP contribution is -2.11. The quantitative estimate of drug-likeness (QED) is 0.170. The summed E-state index contributed by atoms with van der Waals surface area (Å²) in [5, 5.41) is 6.63. The van der Waals surface area contributed by atoms with Gasteiger partial charge in [-0.05, 0) is 101 Å². The van der Waals surface area contributed by atoms with E-state index in [1.54, 1.807) is 0 Å². The van der Waals surface area contributed by atoms with Crippen LogP contribution in [0.15, 0.2) is 213 Å². The molecule has 0 bridgehead atoms. The maximum Gasteiger partial charge on any atom is 0.136 e. The SMILES string of the molecule is c1ccc(-c2ccccc2N(c2ccc(-c3ccc4c(c3)oc3ccc5oc6ccccc6c5c34)cc2)c2ccc(-c3cccc4oc5ccccc5c34)cc2)cc1. The summed E-state index contributed by atoms with van der Waals surface area (Å²) in [5.41, 5.74) is 15.3. The van der Waals surface area contributed by atoms with Crippen molar-refractivity contribution < 1.29 is 13.3 Å². The molecular formula is C54H33NO3. The van der Waals surface area contributed by atoms with Crippen LogP contribution in [-0.2, 0) is 0 Å². The minimum absolute atomic E-state index is 0.854. The average molecular weight is 744 g/mol. The molecule has 0 N–H and O–H groups in total. The molecule has 0 saturated carbocycles. The summed E-state index contributed by atoms with van der Waals surface area (Å²) >= 11 is 0. The Balaban J connectivity index is 0.959. The van der Waals surface area contributed by atoms with E-state index in [2.05, 4.69) is 163 Å². The van der Waals surface area contributed by atoms with Gasteiger partial charge in [0.1, 0.15) is 33.5 Å². The zero-order valence-electron chi connectivity index (χ0n) is 31.2. The van der Waals surface area contributed by atoms with E-state index >= 15 is 0 Å². The highest BCUT2D eigenvalue weighted by Crippen LogP contribution is 2.44. The first-order chi connectivity index (χ1) is 28.7. The number of para-hydroxylation sites is 3. The number of hydrogen-bond acceptors (Lipinski definition) is 4. The Morgan fingerprint density at radius 2 is 0.759 bits per heavy atom. The molecule has 0 radical (unpaired) electrons.